The molecule has 4 saturated carbocycles. The number of rotatable bonds is 10. The van der Waals surface area contributed by atoms with Crippen molar-refractivity contribution in [1.29, 1.82) is 0 Å². The minimum absolute atomic E-state index is 0. The zero-order chi connectivity index (χ0) is 32.1. The first kappa shape index (κ1) is 34.4. The molecule has 6 rings (SSSR count). The second-order valence-electron chi connectivity index (χ2n) is 15.8. The van der Waals surface area contributed by atoms with Gasteiger partial charge in [0.05, 0.1) is 22.6 Å². The van der Waals surface area contributed by atoms with Crippen molar-refractivity contribution in [3.05, 3.63) is 48.5 Å². The molecule has 3 nitrogen and oxygen atoms in total. The molecular formula is C41H68N2OP2+2. The van der Waals surface area contributed by atoms with E-state index in [9.17, 15) is 0 Å². The molecule has 0 saturated heterocycles. The van der Waals surface area contributed by atoms with Gasteiger partial charge >= 0.3 is 5.27 Å². The van der Waals surface area contributed by atoms with E-state index in [1.807, 2.05) is 0 Å². The fraction of sp³-hybridized carbons (Fsp3) is 0.683. The van der Waals surface area contributed by atoms with Gasteiger partial charge in [0.2, 0.25) is 0 Å². The van der Waals surface area contributed by atoms with E-state index in [1.165, 1.54) is 150 Å². The molecule has 2 aromatic carbocycles. The summed E-state index contributed by atoms with van der Waals surface area (Å²) in [6.07, 6.45) is 26.2. The van der Waals surface area contributed by atoms with Gasteiger partial charge in [-0.05, 0) is 151 Å². The van der Waals surface area contributed by atoms with Crippen LogP contribution in [0.1, 0.15) is 131 Å². The van der Waals surface area contributed by atoms with E-state index in [1.54, 1.807) is 0 Å². The Kier molecular flexibility index (Phi) is 11.5. The molecule has 4 aliphatic carbocycles. The molecule has 46 heavy (non-hydrogen) atoms. The van der Waals surface area contributed by atoms with Crippen molar-refractivity contribution in [3.8, 4) is 0 Å². The number of benzene rings is 2. The molecule has 4 aliphatic rings. The summed E-state index contributed by atoms with van der Waals surface area (Å²) in [4.78, 5) is 21.7. The number of carbonyl (C=O) groups excluding carboxylic acids is 1. The molecule has 5 heteroatoms. The van der Waals surface area contributed by atoms with Gasteiger partial charge in [0.15, 0.2) is 14.5 Å². The molecule has 0 heterocycles. The van der Waals surface area contributed by atoms with Crippen molar-refractivity contribution in [2.75, 3.05) is 38.0 Å². The van der Waals surface area contributed by atoms with Crippen LogP contribution in [0.4, 0.5) is 16.2 Å². The van der Waals surface area contributed by atoms with Crippen LogP contribution in [0.15, 0.2) is 48.5 Å². The third-order valence-corrected chi connectivity index (χ3v) is 25.1. The summed E-state index contributed by atoms with van der Waals surface area (Å²) in [7, 11) is 4.21. The fourth-order valence-corrected chi connectivity index (χ4v) is 25.9. The third kappa shape index (κ3) is 6.48. The largest absolute Gasteiger partial charge is 0.407 e. The van der Waals surface area contributed by atoms with E-state index in [-0.39, 0.29) is 2.85 Å². The Balaban J connectivity index is 0.00000260. The lowest BCUT2D eigenvalue weighted by Crippen LogP contribution is -2.45. The van der Waals surface area contributed by atoms with Crippen LogP contribution in [0.5, 0.6) is 0 Å². The van der Waals surface area contributed by atoms with Crippen LogP contribution in [0.2, 0.25) is 0 Å². The smallest absolute Gasteiger partial charge is 0.378 e. The van der Waals surface area contributed by atoms with E-state index < -0.39 is 14.5 Å². The van der Waals surface area contributed by atoms with Gasteiger partial charge in [0.25, 0.3) is 0 Å². The average molecular weight is 667 g/mol. The third-order valence-electron chi connectivity index (χ3n) is 12.8. The number of nitrogens with zero attached hydrogens (tertiary/aromatic N) is 2. The minimum atomic E-state index is -2.21. The molecule has 4 fully saturated rings. The molecule has 0 aromatic heterocycles. The van der Waals surface area contributed by atoms with Crippen LogP contribution < -0.4 is 20.4 Å². The number of hydrogen-bond acceptors (Lipinski definition) is 3. The van der Waals surface area contributed by atoms with Crippen LogP contribution in [0.25, 0.3) is 0 Å². The van der Waals surface area contributed by atoms with Crippen molar-refractivity contribution < 1.29 is 7.65 Å². The van der Waals surface area contributed by atoms with Crippen molar-refractivity contribution in [3.63, 3.8) is 0 Å². The quantitative estimate of drug-likeness (QED) is 0.236. The standard InChI is InChI=1S/C41H64N2OP2.2H2/c1-42(2)33-25-29-39(30-26-33)45(35-17-9-5-10-18-35,36-19-11-6-12-20-36)41(44)46(37-21-13-7-14-22-37,38-23-15-8-16-24-38)40-31-27-34(28-32-40)43(3)4;;/h25-32,35-38H,5-24H2,1-4H3;2*1H/q+2;;. The second-order valence-corrected chi connectivity index (χ2v) is 24.1. The SMILES string of the molecule is CN(C)c1ccc([P+](C(=O)[P+](c2ccc(N(C)C)cc2)(C2CCCCC2)C2CCCCC2)(C2CCCCC2)C2CCCCC2)cc1.[HH].[HH]. The van der Waals surface area contributed by atoms with Crippen molar-refractivity contribution in [1.82, 2.24) is 0 Å². The second kappa shape index (κ2) is 15.4. The van der Waals surface area contributed by atoms with Gasteiger partial charge in [-0.2, -0.15) is 0 Å². The summed E-state index contributed by atoms with van der Waals surface area (Å²) >= 11 is 0. The Morgan fingerprint density at radius 1 is 0.457 bits per heavy atom. The highest BCUT2D eigenvalue weighted by molar-refractivity contribution is 8.21. The molecule has 2 aromatic rings. The van der Waals surface area contributed by atoms with Gasteiger partial charge in [-0.3, -0.25) is 0 Å². The maximum Gasteiger partial charge on any atom is 0.407 e. The average Bonchev–Trinajstić information content (AvgIpc) is 3.11. The highest BCUT2D eigenvalue weighted by Gasteiger charge is 2.74. The monoisotopic (exact) mass is 666 g/mol. The molecule has 0 spiro atoms. The Morgan fingerprint density at radius 2 is 0.696 bits per heavy atom. The lowest BCUT2D eigenvalue weighted by atomic mass is 9.99. The summed E-state index contributed by atoms with van der Waals surface area (Å²) in [5.41, 5.74) is 4.84. The normalized spacial score (nSPS) is 21.7. The molecule has 0 amide bonds. The van der Waals surface area contributed by atoms with Crippen LogP contribution in [0, 0.1) is 0 Å². The fourth-order valence-electron chi connectivity index (χ4n) is 10.5. The topological polar surface area (TPSA) is 23.6 Å². The number of carbonyl (C=O) groups is 1. The van der Waals surface area contributed by atoms with E-state index in [4.69, 9.17) is 0 Å². The van der Waals surface area contributed by atoms with Gasteiger partial charge < -0.3 is 9.80 Å². The highest BCUT2D eigenvalue weighted by Crippen LogP contribution is 2.86. The molecule has 0 radical (unpaired) electrons. The van der Waals surface area contributed by atoms with Gasteiger partial charge in [-0.1, -0.05) is 25.7 Å². The predicted octanol–water partition coefficient (Wildman–Crippen LogP) is 11.7. The Labute approximate surface area is 286 Å². The minimum Gasteiger partial charge on any atom is -0.378 e. The summed E-state index contributed by atoms with van der Waals surface area (Å²) < 4.78 is 0. The summed E-state index contributed by atoms with van der Waals surface area (Å²) in [6, 6.07) is 19.5. The Bertz CT molecular complexity index is 1130. The van der Waals surface area contributed by atoms with Crippen LogP contribution >= 0.6 is 14.5 Å². The first-order valence-corrected chi connectivity index (χ1v) is 23.1. The van der Waals surface area contributed by atoms with Gasteiger partial charge in [0.1, 0.15) is 10.6 Å². The zero-order valence-corrected chi connectivity index (χ0v) is 31.6. The predicted molar refractivity (Wildman–Crippen MR) is 212 cm³/mol. The maximum absolute atomic E-state index is 17.2. The molecular weight excluding hydrogens is 598 g/mol. The summed E-state index contributed by atoms with van der Waals surface area (Å²) in [6.45, 7) is 0. The zero-order valence-electron chi connectivity index (χ0n) is 29.8. The summed E-state index contributed by atoms with van der Waals surface area (Å²) in [5.74, 6) is 0. The van der Waals surface area contributed by atoms with Crippen LogP contribution in [-0.2, 0) is 0 Å². The lowest BCUT2D eigenvalue weighted by molar-refractivity contribution is 0.273. The molecule has 256 valence electrons. The molecule has 0 N–H and O–H groups in total. The lowest BCUT2D eigenvalue weighted by Gasteiger charge is -2.47. The van der Waals surface area contributed by atoms with Gasteiger partial charge in [-0.25, -0.2) is 4.79 Å². The van der Waals surface area contributed by atoms with E-state index in [2.05, 4.69) is 86.5 Å². The number of anilines is 2. The molecule has 0 atom stereocenters. The first-order chi connectivity index (χ1) is 22.4. The summed E-state index contributed by atoms with van der Waals surface area (Å²) in [5, 5.41) is 3.90. The van der Waals surface area contributed by atoms with E-state index in [0.29, 0.717) is 22.6 Å². The van der Waals surface area contributed by atoms with E-state index >= 15 is 4.79 Å². The molecule has 0 unspecified atom stereocenters. The van der Waals surface area contributed by atoms with Gasteiger partial charge in [0, 0.05) is 42.4 Å². The maximum atomic E-state index is 17.2. The van der Waals surface area contributed by atoms with Gasteiger partial charge in [-0.15, -0.1) is 0 Å². The molecule has 0 bridgehead atoms. The Morgan fingerprint density at radius 3 is 0.913 bits per heavy atom. The Hall–Kier alpha value is -1.43. The number of hydrogen-bond donors (Lipinski definition) is 0. The van der Waals surface area contributed by atoms with Crippen LogP contribution in [0.3, 0.4) is 0 Å². The van der Waals surface area contributed by atoms with Crippen molar-refractivity contribution in [2.45, 2.75) is 151 Å². The molecule has 0 aliphatic heterocycles. The van der Waals surface area contributed by atoms with E-state index in [0.717, 1.165) is 5.27 Å². The van der Waals surface area contributed by atoms with Crippen LogP contribution in [-0.4, -0.2) is 56.1 Å². The van der Waals surface area contributed by atoms with Crippen molar-refractivity contribution in [2.24, 2.45) is 0 Å². The van der Waals surface area contributed by atoms with Crippen molar-refractivity contribution >= 4 is 41.8 Å². The highest BCUT2D eigenvalue weighted by atomic mass is 31.2. The first-order valence-electron chi connectivity index (χ1n) is 19.3.